The first-order chi connectivity index (χ1) is 9.92. The van der Waals surface area contributed by atoms with E-state index in [4.69, 9.17) is 5.11 Å². The summed E-state index contributed by atoms with van der Waals surface area (Å²) < 4.78 is 26.8. The molecule has 0 bridgehead atoms. The zero-order valence-corrected chi connectivity index (χ0v) is 12.7. The number of hydrogen-bond acceptors (Lipinski definition) is 4. The van der Waals surface area contributed by atoms with Gasteiger partial charge in [-0.25, -0.2) is 13.2 Å². The third kappa shape index (κ3) is 3.77. The minimum atomic E-state index is -3.68. The Morgan fingerprint density at radius 3 is 2.10 bits per heavy atom. The molecule has 5 nitrogen and oxygen atoms in total. The van der Waals surface area contributed by atoms with Crippen LogP contribution in [0.1, 0.15) is 10.4 Å². The number of aromatic carboxylic acids is 1. The lowest BCUT2D eigenvalue weighted by molar-refractivity contribution is 0.0697. The second kappa shape index (κ2) is 6.19. The molecule has 2 N–H and O–H groups in total. The van der Waals surface area contributed by atoms with Crippen molar-refractivity contribution in [3.05, 3.63) is 54.1 Å². The summed E-state index contributed by atoms with van der Waals surface area (Å²) in [5.41, 5.74) is 0.413. The fourth-order valence-corrected chi connectivity index (χ4v) is 3.12. The highest BCUT2D eigenvalue weighted by Gasteiger charge is 2.14. The number of rotatable bonds is 5. The molecule has 0 saturated heterocycles. The van der Waals surface area contributed by atoms with Crippen LogP contribution in [0.3, 0.4) is 0 Å². The Hall–Kier alpha value is -1.99. The molecule has 7 heteroatoms. The summed E-state index contributed by atoms with van der Waals surface area (Å²) in [6.45, 7) is 0. The first-order valence-corrected chi connectivity index (χ1v) is 8.63. The van der Waals surface area contributed by atoms with Gasteiger partial charge in [-0.05, 0) is 54.8 Å². The average Bonchev–Trinajstić information content (AvgIpc) is 2.47. The molecule has 0 fully saturated rings. The second-order valence-corrected chi connectivity index (χ2v) is 6.73. The monoisotopic (exact) mass is 323 g/mol. The van der Waals surface area contributed by atoms with Crippen LogP contribution < -0.4 is 4.72 Å². The van der Waals surface area contributed by atoms with Gasteiger partial charge in [-0.15, -0.1) is 11.8 Å². The van der Waals surface area contributed by atoms with Gasteiger partial charge >= 0.3 is 5.97 Å². The Bertz CT molecular complexity index is 738. The van der Waals surface area contributed by atoms with E-state index in [2.05, 4.69) is 4.72 Å². The Kier molecular flexibility index (Phi) is 4.54. The van der Waals surface area contributed by atoms with Crippen LogP contribution in [-0.2, 0) is 10.0 Å². The van der Waals surface area contributed by atoms with Gasteiger partial charge in [0.05, 0.1) is 10.5 Å². The van der Waals surface area contributed by atoms with Gasteiger partial charge in [-0.2, -0.15) is 0 Å². The molecular formula is C14H13NO4S2. The topological polar surface area (TPSA) is 83.5 Å². The molecule has 0 amide bonds. The van der Waals surface area contributed by atoms with Crippen molar-refractivity contribution in [2.45, 2.75) is 9.79 Å². The Morgan fingerprint density at radius 1 is 1.05 bits per heavy atom. The second-order valence-electron chi connectivity index (χ2n) is 4.16. The van der Waals surface area contributed by atoms with Crippen LogP contribution in [0.4, 0.5) is 5.69 Å². The number of thioether (sulfide) groups is 1. The molecule has 2 aromatic rings. The fraction of sp³-hybridized carbons (Fsp3) is 0.0714. The summed E-state index contributed by atoms with van der Waals surface area (Å²) in [5.74, 6) is -1.06. The van der Waals surface area contributed by atoms with E-state index in [-0.39, 0.29) is 10.5 Å². The minimum absolute atomic E-state index is 0.0993. The number of carboxylic acid groups (broad SMARTS) is 1. The molecule has 0 aromatic heterocycles. The lowest BCUT2D eigenvalue weighted by atomic mass is 10.2. The van der Waals surface area contributed by atoms with Crippen LogP contribution in [0, 0.1) is 0 Å². The van der Waals surface area contributed by atoms with Gasteiger partial charge in [0.1, 0.15) is 0 Å². The van der Waals surface area contributed by atoms with E-state index >= 15 is 0 Å². The maximum Gasteiger partial charge on any atom is 0.335 e. The molecule has 0 aliphatic rings. The number of anilines is 1. The summed E-state index contributed by atoms with van der Waals surface area (Å²) >= 11 is 1.53. The van der Waals surface area contributed by atoms with E-state index in [1.807, 2.05) is 6.26 Å². The molecule has 0 aliphatic heterocycles. The number of benzene rings is 2. The number of sulfonamides is 1. The van der Waals surface area contributed by atoms with Gasteiger partial charge in [-0.1, -0.05) is 0 Å². The first kappa shape index (κ1) is 15.4. The van der Waals surface area contributed by atoms with E-state index in [9.17, 15) is 13.2 Å². The molecule has 0 spiro atoms. The van der Waals surface area contributed by atoms with Crippen LogP contribution in [0.25, 0.3) is 0 Å². The summed E-state index contributed by atoms with van der Waals surface area (Å²) in [6, 6.07) is 12.0. The van der Waals surface area contributed by atoms with E-state index in [1.165, 1.54) is 48.2 Å². The van der Waals surface area contributed by atoms with Gasteiger partial charge in [-0.3, -0.25) is 4.72 Å². The van der Waals surface area contributed by atoms with Crippen molar-refractivity contribution in [1.29, 1.82) is 0 Å². The number of nitrogens with one attached hydrogen (secondary N) is 1. The maximum absolute atomic E-state index is 12.2. The van der Waals surface area contributed by atoms with E-state index in [0.717, 1.165) is 4.90 Å². The van der Waals surface area contributed by atoms with Crippen LogP contribution in [0.5, 0.6) is 0 Å². The molecule has 0 aliphatic carbocycles. The van der Waals surface area contributed by atoms with Gasteiger partial charge < -0.3 is 5.11 Å². The van der Waals surface area contributed by atoms with E-state index in [0.29, 0.717) is 5.69 Å². The molecule has 0 saturated carbocycles. The molecule has 0 radical (unpaired) electrons. The van der Waals surface area contributed by atoms with Crippen molar-refractivity contribution < 1.29 is 18.3 Å². The highest BCUT2D eigenvalue weighted by Crippen LogP contribution is 2.20. The fourth-order valence-electron chi connectivity index (χ4n) is 1.65. The highest BCUT2D eigenvalue weighted by atomic mass is 32.2. The predicted molar refractivity (Wildman–Crippen MR) is 82.4 cm³/mol. The van der Waals surface area contributed by atoms with Crippen molar-refractivity contribution >= 4 is 33.4 Å². The van der Waals surface area contributed by atoms with Crippen molar-refractivity contribution in [1.82, 2.24) is 0 Å². The highest BCUT2D eigenvalue weighted by molar-refractivity contribution is 7.98. The third-order valence-corrected chi connectivity index (χ3v) is 4.89. The normalized spacial score (nSPS) is 11.1. The summed E-state index contributed by atoms with van der Waals surface area (Å²) in [5, 5.41) is 8.80. The molecule has 21 heavy (non-hydrogen) atoms. The zero-order valence-electron chi connectivity index (χ0n) is 11.1. The lowest BCUT2D eigenvalue weighted by Gasteiger charge is -2.08. The average molecular weight is 323 g/mol. The summed E-state index contributed by atoms with van der Waals surface area (Å²) in [4.78, 5) is 11.9. The van der Waals surface area contributed by atoms with Gasteiger partial charge in [0.25, 0.3) is 10.0 Å². The molecule has 0 atom stereocenters. The predicted octanol–water partition coefficient (Wildman–Crippen LogP) is 2.91. The van der Waals surface area contributed by atoms with Crippen LogP contribution in [0.2, 0.25) is 0 Å². The largest absolute Gasteiger partial charge is 0.478 e. The number of carboxylic acids is 1. The molecule has 0 heterocycles. The van der Waals surface area contributed by atoms with E-state index in [1.54, 1.807) is 12.1 Å². The SMILES string of the molecule is CSc1ccc(S(=O)(=O)Nc2ccc(C(=O)O)cc2)cc1. The smallest absolute Gasteiger partial charge is 0.335 e. The molecule has 0 unspecified atom stereocenters. The van der Waals surface area contributed by atoms with Crippen LogP contribution in [0.15, 0.2) is 58.3 Å². The Morgan fingerprint density at radius 2 is 1.62 bits per heavy atom. The van der Waals surface area contributed by atoms with Gasteiger partial charge in [0.2, 0.25) is 0 Å². The molecule has 110 valence electrons. The van der Waals surface area contributed by atoms with Crippen molar-refractivity contribution in [3.8, 4) is 0 Å². The van der Waals surface area contributed by atoms with E-state index < -0.39 is 16.0 Å². The zero-order chi connectivity index (χ0) is 15.5. The summed E-state index contributed by atoms with van der Waals surface area (Å²) in [6.07, 6.45) is 1.91. The Balaban J connectivity index is 2.21. The minimum Gasteiger partial charge on any atom is -0.478 e. The Labute approximate surface area is 127 Å². The summed E-state index contributed by atoms with van der Waals surface area (Å²) in [7, 11) is -3.68. The van der Waals surface area contributed by atoms with Gasteiger partial charge in [0.15, 0.2) is 0 Å². The third-order valence-electron chi connectivity index (χ3n) is 2.75. The van der Waals surface area contributed by atoms with Crippen LogP contribution in [-0.4, -0.2) is 25.7 Å². The van der Waals surface area contributed by atoms with Crippen molar-refractivity contribution in [2.24, 2.45) is 0 Å². The first-order valence-electron chi connectivity index (χ1n) is 5.92. The van der Waals surface area contributed by atoms with Crippen molar-refractivity contribution in [2.75, 3.05) is 11.0 Å². The lowest BCUT2D eigenvalue weighted by Crippen LogP contribution is -2.13. The maximum atomic E-state index is 12.2. The quantitative estimate of drug-likeness (QED) is 0.827. The molecular weight excluding hydrogens is 310 g/mol. The van der Waals surface area contributed by atoms with Gasteiger partial charge in [0, 0.05) is 10.6 Å². The molecule has 2 aromatic carbocycles. The van der Waals surface area contributed by atoms with Crippen LogP contribution >= 0.6 is 11.8 Å². The standard InChI is InChI=1S/C14H13NO4S2/c1-20-12-6-8-13(9-7-12)21(18,19)15-11-4-2-10(3-5-11)14(16)17/h2-9,15H,1H3,(H,16,17). The van der Waals surface area contributed by atoms with Crippen molar-refractivity contribution in [3.63, 3.8) is 0 Å². The number of hydrogen-bond donors (Lipinski definition) is 2. The number of carbonyl (C=O) groups is 1. The molecule has 2 rings (SSSR count).